The second-order valence-corrected chi connectivity index (χ2v) is 6.62. The molecule has 0 spiro atoms. The molecule has 2 rings (SSSR count). The minimum absolute atomic E-state index is 0.00644. The van der Waals surface area contributed by atoms with E-state index < -0.39 is 0 Å². The van der Waals surface area contributed by atoms with Gasteiger partial charge in [0.2, 0.25) is 11.8 Å². The highest BCUT2D eigenvalue weighted by Crippen LogP contribution is 2.33. The molecule has 18 heavy (non-hydrogen) atoms. The first-order valence-corrected chi connectivity index (χ1v) is 7.92. The summed E-state index contributed by atoms with van der Waals surface area (Å²) in [4.78, 5) is 25.7. The van der Waals surface area contributed by atoms with E-state index in [4.69, 9.17) is 0 Å². The van der Waals surface area contributed by atoms with Crippen LogP contribution in [0, 0.1) is 0 Å². The molecule has 0 aromatic rings. The van der Waals surface area contributed by atoms with E-state index in [1.807, 2.05) is 23.6 Å². The van der Waals surface area contributed by atoms with Gasteiger partial charge in [-0.1, -0.05) is 13.8 Å². The number of piperazine rings is 1. The summed E-state index contributed by atoms with van der Waals surface area (Å²) >= 11 is 1.98. The van der Waals surface area contributed by atoms with Crippen molar-refractivity contribution < 1.29 is 9.59 Å². The van der Waals surface area contributed by atoms with E-state index in [-0.39, 0.29) is 30.4 Å². The number of carbonyl (C=O) groups is 2. The Kier molecular flexibility index (Phi) is 4.54. The number of hydrogen-bond acceptors (Lipinski definition) is 3. The fourth-order valence-corrected chi connectivity index (χ4v) is 4.04. The summed E-state index contributed by atoms with van der Waals surface area (Å²) in [6.45, 7) is 4.37. The van der Waals surface area contributed by atoms with E-state index in [1.54, 1.807) is 0 Å². The fourth-order valence-electron chi connectivity index (χ4n) is 2.91. The predicted octanol–water partition coefficient (Wildman–Crippen LogP) is 1.40. The molecule has 0 aromatic carbocycles. The van der Waals surface area contributed by atoms with Crippen LogP contribution in [0.15, 0.2) is 0 Å². The maximum Gasteiger partial charge on any atom is 0.245 e. The lowest BCUT2D eigenvalue weighted by Crippen LogP contribution is -2.60. The highest BCUT2D eigenvalue weighted by molar-refractivity contribution is 7.99. The molecule has 1 aliphatic heterocycles. The molecule has 102 valence electrons. The molecular formula is C13H22N2O2S. The summed E-state index contributed by atoms with van der Waals surface area (Å²) in [5.41, 5.74) is 0. The first-order chi connectivity index (χ1) is 8.65. The minimum atomic E-state index is -0.302. The van der Waals surface area contributed by atoms with Gasteiger partial charge in [-0.05, 0) is 31.4 Å². The van der Waals surface area contributed by atoms with Crippen LogP contribution in [0.4, 0.5) is 0 Å². The molecule has 1 saturated carbocycles. The average Bonchev–Trinajstić information content (AvgIpc) is 2.80. The Bertz CT molecular complexity index is 335. The third-order valence-electron chi connectivity index (χ3n) is 3.84. The van der Waals surface area contributed by atoms with E-state index in [2.05, 4.69) is 12.2 Å². The first kappa shape index (κ1) is 13.7. The zero-order valence-corrected chi connectivity index (χ0v) is 12.0. The molecule has 1 aliphatic carbocycles. The van der Waals surface area contributed by atoms with Crippen molar-refractivity contribution in [1.29, 1.82) is 0 Å². The van der Waals surface area contributed by atoms with Gasteiger partial charge in [0.05, 0.1) is 6.54 Å². The number of amides is 2. The van der Waals surface area contributed by atoms with Gasteiger partial charge in [0.1, 0.15) is 6.04 Å². The third-order valence-corrected chi connectivity index (χ3v) is 5.07. The van der Waals surface area contributed by atoms with Crippen LogP contribution in [-0.2, 0) is 9.59 Å². The van der Waals surface area contributed by atoms with Crippen LogP contribution in [0.3, 0.4) is 0 Å². The van der Waals surface area contributed by atoms with Gasteiger partial charge in [0.15, 0.2) is 0 Å². The Labute approximate surface area is 113 Å². The third kappa shape index (κ3) is 2.82. The number of hydrogen-bond donors (Lipinski definition) is 1. The van der Waals surface area contributed by atoms with Crippen LogP contribution in [0.25, 0.3) is 0 Å². The lowest BCUT2D eigenvalue weighted by Gasteiger charge is -2.36. The Morgan fingerprint density at radius 1 is 1.33 bits per heavy atom. The molecule has 0 aromatic heterocycles. The van der Waals surface area contributed by atoms with Crippen molar-refractivity contribution >= 4 is 23.6 Å². The van der Waals surface area contributed by atoms with Crippen molar-refractivity contribution in [2.45, 2.75) is 56.9 Å². The van der Waals surface area contributed by atoms with Crippen LogP contribution < -0.4 is 5.32 Å². The summed E-state index contributed by atoms with van der Waals surface area (Å²) in [6.07, 6.45) is 3.95. The number of thioether (sulfide) groups is 1. The molecule has 3 unspecified atom stereocenters. The van der Waals surface area contributed by atoms with E-state index in [9.17, 15) is 9.59 Å². The summed E-state index contributed by atoms with van der Waals surface area (Å²) in [6, 6.07) is -0.0224. The molecule has 2 amide bonds. The number of carbonyl (C=O) groups excluding carboxylic acids is 2. The highest BCUT2D eigenvalue weighted by atomic mass is 32.2. The van der Waals surface area contributed by atoms with Gasteiger partial charge in [-0.25, -0.2) is 0 Å². The fraction of sp³-hybridized carbons (Fsp3) is 0.846. The van der Waals surface area contributed by atoms with E-state index >= 15 is 0 Å². The lowest BCUT2D eigenvalue weighted by molar-refractivity contribution is -0.146. The van der Waals surface area contributed by atoms with Gasteiger partial charge in [0.25, 0.3) is 0 Å². The van der Waals surface area contributed by atoms with E-state index in [0.29, 0.717) is 11.7 Å². The van der Waals surface area contributed by atoms with Crippen molar-refractivity contribution in [3.63, 3.8) is 0 Å². The zero-order valence-electron chi connectivity index (χ0n) is 11.1. The molecule has 0 bridgehead atoms. The number of nitrogens with one attached hydrogen (secondary N) is 1. The van der Waals surface area contributed by atoms with E-state index in [0.717, 1.165) is 18.6 Å². The normalized spacial score (nSPS) is 32.8. The van der Waals surface area contributed by atoms with Gasteiger partial charge in [-0.2, -0.15) is 11.8 Å². The number of nitrogens with zero attached hydrogens (tertiary/aromatic N) is 1. The van der Waals surface area contributed by atoms with E-state index in [1.165, 1.54) is 6.42 Å². The Morgan fingerprint density at radius 2 is 2.11 bits per heavy atom. The predicted molar refractivity (Wildman–Crippen MR) is 73.5 cm³/mol. The second kappa shape index (κ2) is 5.95. The Balaban J connectivity index is 1.99. The largest absolute Gasteiger partial charge is 0.343 e. The Morgan fingerprint density at radius 3 is 2.78 bits per heavy atom. The molecule has 1 saturated heterocycles. The molecule has 0 radical (unpaired) electrons. The number of rotatable bonds is 4. The molecule has 1 heterocycles. The van der Waals surface area contributed by atoms with Gasteiger partial charge < -0.3 is 10.2 Å². The average molecular weight is 270 g/mol. The van der Waals surface area contributed by atoms with Gasteiger partial charge >= 0.3 is 0 Å². The summed E-state index contributed by atoms with van der Waals surface area (Å²) in [7, 11) is 0. The monoisotopic (exact) mass is 270 g/mol. The Hall–Kier alpha value is -0.710. The van der Waals surface area contributed by atoms with Crippen molar-refractivity contribution in [3.05, 3.63) is 0 Å². The van der Waals surface area contributed by atoms with Crippen molar-refractivity contribution in [2.75, 3.05) is 12.3 Å². The maximum absolute atomic E-state index is 12.3. The molecule has 2 fully saturated rings. The minimum Gasteiger partial charge on any atom is -0.343 e. The van der Waals surface area contributed by atoms with Crippen molar-refractivity contribution in [3.8, 4) is 0 Å². The van der Waals surface area contributed by atoms with Crippen LogP contribution in [0.2, 0.25) is 0 Å². The first-order valence-electron chi connectivity index (χ1n) is 6.87. The summed E-state index contributed by atoms with van der Waals surface area (Å²) < 4.78 is 0. The quantitative estimate of drug-likeness (QED) is 0.840. The second-order valence-electron chi connectivity index (χ2n) is 5.04. The van der Waals surface area contributed by atoms with Gasteiger partial charge in [0, 0.05) is 11.3 Å². The molecule has 1 N–H and O–H groups in total. The summed E-state index contributed by atoms with van der Waals surface area (Å²) in [5, 5.41) is 3.43. The van der Waals surface area contributed by atoms with Crippen LogP contribution in [0.5, 0.6) is 0 Å². The smallest absolute Gasteiger partial charge is 0.245 e. The van der Waals surface area contributed by atoms with Gasteiger partial charge in [-0.15, -0.1) is 0 Å². The summed E-state index contributed by atoms with van der Waals surface area (Å²) in [5.74, 6) is 1.24. The SMILES string of the molecule is CCSC1CCC(N2CC(=O)NC(CC)C2=O)C1. The molecule has 2 aliphatic rings. The van der Waals surface area contributed by atoms with Crippen molar-refractivity contribution in [1.82, 2.24) is 10.2 Å². The topological polar surface area (TPSA) is 49.4 Å². The standard InChI is InChI=1S/C13H22N2O2S/c1-3-11-13(17)15(8-12(16)14-11)9-5-6-10(7-9)18-4-2/h9-11H,3-8H2,1-2H3,(H,14,16). The van der Waals surface area contributed by atoms with Crippen LogP contribution in [-0.4, -0.2) is 46.3 Å². The highest BCUT2D eigenvalue weighted by Gasteiger charge is 2.38. The van der Waals surface area contributed by atoms with Gasteiger partial charge in [-0.3, -0.25) is 9.59 Å². The zero-order chi connectivity index (χ0) is 13.1. The lowest BCUT2D eigenvalue weighted by atomic mass is 10.1. The molecule has 3 atom stereocenters. The maximum atomic E-state index is 12.3. The van der Waals surface area contributed by atoms with Crippen LogP contribution in [0.1, 0.15) is 39.5 Å². The molecule has 5 heteroatoms. The molecular weight excluding hydrogens is 248 g/mol. The van der Waals surface area contributed by atoms with Crippen molar-refractivity contribution in [2.24, 2.45) is 0 Å². The van der Waals surface area contributed by atoms with Crippen LogP contribution >= 0.6 is 11.8 Å². The molecule has 4 nitrogen and oxygen atoms in total.